The third kappa shape index (κ3) is 5.05. The topological polar surface area (TPSA) is 70.6 Å². The number of carbonyl (C=O) groups is 1. The molecule has 0 aliphatic rings. The van der Waals surface area contributed by atoms with Crippen molar-refractivity contribution in [2.24, 2.45) is 5.41 Å². The van der Waals surface area contributed by atoms with E-state index in [1.807, 2.05) is 13.8 Å². The van der Waals surface area contributed by atoms with Gasteiger partial charge in [-0.05, 0) is 24.0 Å². The molecule has 0 saturated carbocycles. The number of hydrogen-bond acceptors (Lipinski definition) is 3. The lowest BCUT2D eigenvalue weighted by Crippen LogP contribution is -2.37. The second-order valence-corrected chi connectivity index (χ2v) is 5.29. The summed E-state index contributed by atoms with van der Waals surface area (Å²) in [6.45, 7) is 4.29. The van der Waals surface area contributed by atoms with E-state index in [9.17, 15) is 9.18 Å². The Morgan fingerprint density at radius 2 is 2.15 bits per heavy atom. The van der Waals surface area contributed by atoms with Gasteiger partial charge in [-0.2, -0.15) is 0 Å². The number of aliphatic hydroxyl groups is 1. The largest absolute Gasteiger partial charge is 0.497 e. The molecule has 0 saturated heterocycles. The van der Waals surface area contributed by atoms with E-state index in [1.165, 1.54) is 25.3 Å². The van der Waals surface area contributed by atoms with Gasteiger partial charge < -0.3 is 20.5 Å². The Labute approximate surface area is 118 Å². The number of benzene rings is 1. The highest BCUT2D eigenvalue weighted by atomic mass is 19.1. The molecule has 0 aliphatic heterocycles. The Balaban J connectivity index is 2.58. The van der Waals surface area contributed by atoms with Crippen molar-refractivity contribution in [2.75, 3.05) is 25.6 Å². The third-order valence-corrected chi connectivity index (χ3v) is 2.94. The molecule has 20 heavy (non-hydrogen) atoms. The van der Waals surface area contributed by atoms with Crippen LogP contribution in [0.1, 0.15) is 20.3 Å². The number of halogens is 1. The van der Waals surface area contributed by atoms with Gasteiger partial charge in [-0.15, -0.1) is 0 Å². The predicted octanol–water partition coefficient (Wildman–Crippen LogP) is 2.36. The van der Waals surface area contributed by atoms with E-state index >= 15 is 0 Å². The number of ether oxygens (including phenoxy) is 1. The molecule has 1 aromatic rings. The molecule has 1 rings (SSSR count). The Hall–Kier alpha value is -1.82. The van der Waals surface area contributed by atoms with Gasteiger partial charge in [0.15, 0.2) is 0 Å². The molecule has 0 bridgehead atoms. The van der Waals surface area contributed by atoms with E-state index in [1.54, 1.807) is 0 Å². The molecule has 0 atom stereocenters. The number of anilines is 1. The van der Waals surface area contributed by atoms with Crippen LogP contribution < -0.4 is 15.4 Å². The van der Waals surface area contributed by atoms with E-state index in [0.717, 1.165) is 0 Å². The van der Waals surface area contributed by atoms with Crippen molar-refractivity contribution in [3.63, 3.8) is 0 Å². The molecule has 0 aliphatic carbocycles. The molecule has 2 amide bonds. The minimum atomic E-state index is -0.532. The molecule has 6 heteroatoms. The van der Waals surface area contributed by atoms with Gasteiger partial charge in [-0.25, -0.2) is 9.18 Å². The predicted molar refractivity (Wildman–Crippen MR) is 75.5 cm³/mol. The number of nitrogens with one attached hydrogen (secondary N) is 2. The van der Waals surface area contributed by atoms with Crippen LogP contribution in [0.5, 0.6) is 5.75 Å². The van der Waals surface area contributed by atoms with Crippen molar-refractivity contribution in [1.82, 2.24) is 5.32 Å². The van der Waals surface area contributed by atoms with E-state index in [0.29, 0.717) is 18.7 Å². The van der Waals surface area contributed by atoms with Gasteiger partial charge in [0, 0.05) is 19.2 Å². The van der Waals surface area contributed by atoms with Crippen LogP contribution in [0.3, 0.4) is 0 Å². The van der Waals surface area contributed by atoms with E-state index in [2.05, 4.69) is 10.6 Å². The standard InChI is InChI=1S/C14H21FN2O3/c1-14(2,6-7-18)9-16-13(19)17-12-8-10(20-3)4-5-11(12)15/h4-5,8,18H,6-7,9H2,1-3H3,(H2,16,17,19). The van der Waals surface area contributed by atoms with Crippen LogP contribution >= 0.6 is 0 Å². The van der Waals surface area contributed by atoms with Crippen molar-refractivity contribution in [3.05, 3.63) is 24.0 Å². The van der Waals surface area contributed by atoms with Crippen LogP contribution in [0.4, 0.5) is 14.9 Å². The molecular formula is C14H21FN2O3. The zero-order valence-corrected chi connectivity index (χ0v) is 12.0. The van der Waals surface area contributed by atoms with Gasteiger partial charge in [0.25, 0.3) is 0 Å². The molecule has 0 radical (unpaired) electrons. The summed E-state index contributed by atoms with van der Waals surface area (Å²) in [7, 11) is 1.47. The average Bonchev–Trinajstić information content (AvgIpc) is 2.39. The average molecular weight is 284 g/mol. The molecular weight excluding hydrogens is 263 g/mol. The summed E-state index contributed by atoms with van der Waals surface area (Å²) in [5.74, 6) is -0.0714. The van der Waals surface area contributed by atoms with Crippen molar-refractivity contribution in [1.29, 1.82) is 0 Å². The maximum Gasteiger partial charge on any atom is 0.319 e. The first-order chi connectivity index (χ1) is 9.38. The number of rotatable bonds is 6. The van der Waals surface area contributed by atoms with Crippen molar-refractivity contribution < 1.29 is 19.0 Å². The molecule has 0 unspecified atom stereocenters. The first-order valence-corrected chi connectivity index (χ1v) is 6.37. The second-order valence-electron chi connectivity index (χ2n) is 5.29. The molecule has 5 nitrogen and oxygen atoms in total. The quantitative estimate of drug-likeness (QED) is 0.751. The van der Waals surface area contributed by atoms with Crippen LogP contribution in [-0.4, -0.2) is 31.4 Å². The SMILES string of the molecule is COc1ccc(F)c(NC(=O)NCC(C)(C)CCO)c1. The van der Waals surface area contributed by atoms with Gasteiger partial charge in [-0.1, -0.05) is 13.8 Å². The van der Waals surface area contributed by atoms with Crippen LogP contribution in [0, 0.1) is 11.2 Å². The van der Waals surface area contributed by atoms with E-state index in [4.69, 9.17) is 9.84 Å². The van der Waals surface area contributed by atoms with Gasteiger partial charge in [0.1, 0.15) is 11.6 Å². The smallest absolute Gasteiger partial charge is 0.319 e. The second kappa shape index (κ2) is 7.09. The van der Waals surface area contributed by atoms with E-state index < -0.39 is 11.8 Å². The van der Waals surface area contributed by atoms with E-state index in [-0.39, 0.29) is 17.7 Å². The first kappa shape index (κ1) is 16.2. The fourth-order valence-corrected chi connectivity index (χ4v) is 1.60. The third-order valence-electron chi connectivity index (χ3n) is 2.94. The summed E-state index contributed by atoms with van der Waals surface area (Å²) in [5, 5.41) is 14.0. The molecule has 3 N–H and O–H groups in total. The number of carbonyl (C=O) groups excluding carboxylic acids is 1. The molecule has 0 heterocycles. The summed E-state index contributed by atoms with van der Waals surface area (Å²) in [5.41, 5.74) is -0.166. The maximum absolute atomic E-state index is 13.5. The minimum Gasteiger partial charge on any atom is -0.497 e. The fourth-order valence-electron chi connectivity index (χ4n) is 1.60. The molecule has 0 fully saturated rings. The van der Waals surface area contributed by atoms with Crippen LogP contribution in [-0.2, 0) is 0 Å². The van der Waals surface area contributed by atoms with Crippen LogP contribution in [0.2, 0.25) is 0 Å². The Morgan fingerprint density at radius 3 is 2.75 bits per heavy atom. The Kier molecular flexibility index (Phi) is 5.76. The van der Waals surface area contributed by atoms with Crippen molar-refractivity contribution in [2.45, 2.75) is 20.3 Å². The molecule has 112 valence electrons. The highest BCUT2D eigenvalue weighted by Crippen LogP contribution is 2.21. The highest BCUT2D eigenvalue weighted by molar-refractivity contribution is 5.89. The fraction of sp³-hybridized carbons (Fsp3) is 0.500. The Morgan fingerprint density at radius 1 is 1.45 bits per heavy atom. The summed E-state index contributed by atoms with van der Waals surface area (Å²) in [4.78, 5) is 11.7. The van der Waals surface area contributed by atoms with Gasteiger partial charge in [-0.3, -0.25) is 0 Å². The summed E-state index contributed by atoms with van der Waals surface area (Å²) < 4.78 is 18.5. The number of hydrogen-bond donors (Lipinski definition) is 3. The zero-order chi connectivity index (χ0) is 15.2. The zero-order valence-electron chi connectivity index (χ0n) is 12.0. The van der Waals surface area contributed by atoms with Gasteiger partial charge in [0.05, 0.1) is 12.8 Å². The first-order valence-electron chi connectivity index (χ1n) is 6.37. The normalized spacial score (nSPS) is 11.1. The van der Waals surface area contributed by atoms with Gasteiger partial charge >= 0.3 is 6.03 Å². The van der Waals surface area contributed by atoms with Crippen LogP contribution in [0.25, 0.3) is 0 Å². The lowest BCUT2D eigenvalue weighted by atomic mass is 9.90. The lowest BCUT2D eigenvalue weighted by Gasteiger charge is -2.23. The molecule has 1 aromatic carbocycles. The van der Waals surface area contributed by atoms with Gasteiger partial charge in [0.2, 0.25) is 0 Å². The number of amides is 2. The highest BCUT2D eigenvalue weighted by Gasteiger charge is 2.18. The molecule has 0 aromatic heterocycles. The summed E-state index contributed by atoms with van der Waals surface area (Å²) >= 11 is 0. The monoisotopic (exact) mass is 284 g/mol. The Bertz CT molecular complexity index is 464. The van der Waals surface area contributed by atoms with Crippen LogP contribution in [0.15, 0.2) is 18.2 Å². The number of aliphatic hydroxyl groups excluding tert-OH is 1. The summed E-state index contributed by atoms with van der Waals surface area (Å²) in [6, 6.07) is 3.61. The lowest BCUT2D eigenvalue weighted by molar-refractivity contribution is 0.204. The summed E-state index contributed by atoms with van der Waals surface area (Å²) in [6.07, 6.45) is 0.570. The number of methoxy groups -OCH3 is 1. The van der Waals surface area contributed by atoms with Crippen molar-refractivity contribution >= 4 is 11.7 Å². The van der Waals surface area contributed by atoms with Crippen molar-refractivity contribution in [3.8, 4) is 5.75 Å². The molecule has 0 spiro atoms. The number of urea groups is 1. The minimum absolute atomic E-state index is 0.0564. The maximum atomic E-state index is 13.5.